The Hall–Kier alpha value is -1.02. The van der Waals surface area contributed by atoms with E-state index >= 15 is 0 Å². The highest BCUT2D eigenvalue weighted by atomic mass is 16.3. The molecule has 0 spiro atoms. The van der Waals surface area contributed by atoms with Crippen LogP contribution in [-0.2, 0) is 5.41 Å². The second-order valence-corrected chi connectivity index (χ2v) is 6.87. The van der Waals surface area contributed by atoms with Crippen LogP contribution in [0, 0.1) is 11.8 Å². The Bertz CT molecular complexity index is 458. The van der Waals surface area contributed by atoms with Gasteiger partial charge < -0.3 is 10.0 Å². The molecular formula is C18H27NO. The van der Waals surface area contributed by atoms with Crippen molar-refractivity contribution in [2.75, 3.05) is 19.6 Å². The topological polar surface area (TPSA) is 23.5 Å². The van der Waals surface area contributed by atoms with Gasteiger partial charge in [-0.1, -0.05) is 45.2 Å². The number of rotatable bonds is 6. The second kappa shape index (κ2) is 5.40. The van der Waals surface area contributed by atoms with Crippen LogP contribution in [0.25, 0.3) is 0 Å². The molecule has 1 saturated heterocycles. The van der Waals surface area contributed by atoms with Gasteiger partial charge in [-0.05, 0) is 42.5 Å². The van der Waals surface area contributed by atoms with Crippen molar-refractivity contribution in [1.82, 2.24) is 4.90 Å². The van der Waals surface area contributed by atoms with Crippen LogP contribution in [0.1, 0.15) is 45.1 Å². The number of benzene rings is 1. The molecule has 1 N–H and O–H groups in total. The molecular weight excluding hydrogens is 246 g/mol. The Kier molecular flexibility index (Phi) is 3.76. The van der Waals surface area contributed by atoms with Crippen LogP contribution < -0.4 is 0 Å². The van der Waals surface area contributed by atoms with Crippen LogP contribution in [0.4, 0.5) is 0 Å². The van der Waals surface area contributed by atoms with Crippen molar-refractivity contribution >= 4 is 0 Å². The summed E-state index contributed by atoms with van der Waals surface area (Å²) in [5.41, 5.74) is 1.65. The number of aromatic hydroxyl groups is 1. The molecule has 1 aliphatic heterocycles. The Morgan fingerprint density at radius 1 is 1.20 bits per heavy atom. The number of fused-ring (bicyclic) bond motifs is 1. The fourth-order valence-electron chi connectivity index (χ4n) is 4.18. The lowest BCUT2D eigenvalue weighted by atomic mass is 9.92. The van der Waals surface area contributed by atoms with Crippen LogP contribution in [0.3, 0.4) is 0 Å². The zero-order valence-electron chi connectivity index (χ0n) is 12.8. The predicted octanol–water partition coefficient (Wildman–Crippen LogP) is 3.79. The molecule has 20 heavy (non-hydrogen) atoms. The van der Waals surface area contributed by atoms with Gasteiger partial charge in [-0.2, -0.15) is 0 Å². The van der Waals surface area contributed by atoms with E-state index in [1.165, 1.54) is 50.9 Å². The third-order valence-electron chi connectivity index (χ3n) is 5.62. The zero-order chi connectivity index (χ0) is 14.2. The van der Waals surface area contributed by atoms with E-state index in [9.17, 15) is 5.11 Å². The first-order valence-corrected chi connectivity index (χ1v) is 8.18. The van der Waals surface area contributed by atoms with E-state index in [0.29, 0.717) is 11.2 Å². The molecule has 1 aromatic carbocycles. The molecule has 2 atom stereocenters. The standard InChI is InChI=1S/C18H27NO/c1-3-4-5-6-10-19-12-16-17(13-19)18(16,2)14-8-7-9-15(20)11-14/h7-9,11,16-17,20H,3-6,10,12-13H2,1-2H3. The molecule has 2 nitrogen and oxygen atoms in total. The lowest BCUT2D eigenvalue weighted by Gasteiger charge is -2.24. The lowest BCUT2D eigenvalue weighted by Crippen LogP contribution is -2.29. The third-order valence-corrected chi connectivity index (χ3v) is 5.62. The number of phenols is 1. The highest BCUT2D eigenvalue weighted by Gasteiger charge is 2.65. The van der Waals surface area contributed by atoms with Crippen molar-refractivity contribution in [1.29, 1.82) is 0 Å². The van der Waals surface area contributed by atoms with E-state index in [-0.39, 0.29) is 0 Å². The van der Waals surface area contributed by atoms with Gasteiger partial charge in [-0.25, -0.2) is 0 Å². The minimum Gasteiger partial charge on any atom is -0.508 e. The number of hydrogen-bond donors (Lipinski definition) is 1. The highest BCUT2D eigenvalue weighted by molar-refractivity contribution is 5.41. The van der Waals surface area contributed by atoms with E-state index < -0.39 is 0 Å². The molecule has 0 amide bonds. The van der Waals surface area contributed by atoms with E-state index in [2.05, 4.69) is 24.8 Å². The van der Waals surface area contributed by atoms with E-state index in [1.807, 2.05) is 12.1 Å². The van der Waals surface area contributed by atoms with Crippen molar-refractivity contribution < 1.29 is 5.11 Å². The number of piperidine rings is 1. The fraction of sp³-hybridized carbons (Fsp3) is 0.667. The Morgan fingerprint density at radius 2 is 1.95 bits per heavy atom. The van der Waals surface area contributed by atoms with Crippen LogP contribution in [-0.4, -0.2) is 29.6 Å². The molecule has 1 saturated carbocycles. The van der Waals surface area contributed by atoms with Gasteiger partial charge in [0.15, 0.2) is 0 Å². The minimum atomic E-state index is 0.318. The number of unbranched alkanes of at least 4 members (excludes halogenated alkanes) is 3. The number of nitrogens with zero attached hydrogens (tertiary/aromatic N) is 1. The SMILES string of the molecule is CCCCCCN1CC2C(C1)C2(C)c1cccc(O)c1. The molecule has 3 rings (SSSR count). The van der Waals surface area contributed by atoms with Gasteiger partial charge in [0.25, 0.3) is 0 Å². The Morgan fingerprint density at radius 3 is 2.60 bits per heavy atom. The third kappa shape index (κ3) is 2.35. The van der Waals surface area contributed by atoms with Gasteiger partial charge in [0.2, 0.25) is 0 Å². The molecule has 2 unspecified atom stereocenters. The molecule has 0 aromatic heterocycles. The summed E-state index contributed by atoms with van der Waals surface area (Å²) in [6.45, 7) is 8.44. The molecule has 2 aliphatic rings. The van der Waals surface area contributed by atoms with Crippen LogP contribution in [0.15, 0.2) is 24.3 Å². The first-order valence-electron chi connectivity index (χ1n) is 8.18. The lowest BCUT2D eigenvalue weighted by molar-refractivity contribution is 0.271. The largest absolute Gasteiger partial charge is 0.508 e. The smallest absolute Gasteiger partial charge is 0.115 e. The summed E-state index contributed by atoms with van der Waals surface area (Å²) in [5.74, 6) is 2.01. The van der Waals surface area contributed by atoms with Gasteiger partial charge in [-0.3, -0.25) is 0 Å². The molecule has 2 heteroatoms. The minimum absolute atomic E-state index is 0.318. The summed E-state index contributed by atoms with van der Waals surface area (Å²) in [7, 11) is 0. The molecule has 1 aliphatic carbocycles. The fourth-order valence-corrected chi connectivity index (χ4v) is 4.18. The van der Waals surface area contributed by atoms with Crippen molar-refractivity contribution in [2.24, 2.45) is 11.8 Å². The van der Waals surface area contributed by atoms with E-state index in [4.69, 9.17) is 0 Å². The maximum absolute atomic E-state index is 9.68. The summed E-state index contributed by atoms with van der Waals surface area (Å²) >= 11 is 0. The van der Waals surface area contributed by atoms with Crippen molar-refractivity contribution in [2.45, 2.75) is 44.9 Å². The maximum Gasteiger partial charge on any atom is 0.115 e. The van der Waals surface area contributed by atoms with Crippen LogP contribution in [0.2, 0.25) is 0 Å². The number of phenolic OH excluding ortho intramolecular Hbond substituents is 1. The zero-order valence-corrected chi connectivity index (χ0v) is 12.8. The molecule has 2 fully saturated rings. The summed E-state index contributed by atoms with van der Waals surface area (Å²) in [5, 5.41) is 9.68. The number of hydrogen-bond acceptors (Lipinski definition) is 2. The predicted molar refractivity (Wildman–Crippen MR) is 83.0 cm³/mol. The van der Waals surface area contributed by atoms with Crippen molar-refractivity contribution in [3.63, 3.8) is 0 Å². The summed E-state index contributed by atoms with van der Waals surface area (Å²) < 4.78 is 0. The monoisotopic (exact) mass is 273 g/mol. The summed E-state index contributed by atoms with van der Waals surface area (Å²) in [4.78, 5) is 2.65. The molecule has 1 heterocycles. The van der Waals surface area contributed by atoms with E-state index in [1.54, 1.807) is 6.07 Å². The first kappa shape index (κ1) is 13.9. The van der Waals surface area contributed by atoms with Crippen molar-refractivity contribution in [3.05, 3.63) is 29.8 Å². The molecule has 110 valence electrons. The molecule has 1 aromatic rings. The first-order chi connectivity index (χ1) is 9.66. The molecule has 0 radical (unpaired) electrons. The normalized spacial score (nSPS) is 32.3. The van der Waals surface area contributed by atoms with Gasteiger partial charge in [0, 0.05) is 18.5 Å². The van der Waals surface area contributed by atoms with Crippen LogP contribution >= 0.6 is 0 Å². The number of likely N-dealkylation sites (tertiary alicyclic amines) is 1. The van der Waals surface area contributed by atoms with Gasteiger partial charge in [0.05, 0.1) is 0 Å². The van der Waals surface area contributed by atoms with Gasteiger partial charge in [-0.15, -0.1) is 0 Å². The summed E-state index contributed by atoms with van der Waals surface area (Å²) in [6, 6.07) is 7.89. The van der Waals surface area contributed by atoms with Gasteiger partial charge in [0.1, 0.15) is 5.75 Å². The Labute approximate surface area is 122 Å². The second-order valence-electron chi connectivity index (χ2n) is 6.87. The Balaban J connectivity index is 1.53. The van der Waals surface area contributed by atoms with Crippen molar-refractivity contribution in [3.8, 4) is 5.75 Å². The highest BCUT2D eigenvalue weighted by Crippen LogP contribution is 2.63. The maximum atomic E-state index is 9.68. The van der Waals surface area contributed by atoms with E-state index in [0.717, 1.165) is 11.8 Å². The quantitative estimate of drug-likeness (QED) is 0.797. The average Bonchev–Trinajstić information content (AvgIpc) is 2.83. The van der Waals surface area contributed by atoms with Crippen LogP contribution in [0.5, 0.6) is 5.75 Å². The molecule has 0 bridgehead atoms. The summed E-state index contributed by atoms with van der Waals surface area (Å²) in [6.07, 6.45) is 5.44. The average molecular weight is 273 g/mol. The van der Waals surface area contributed by atoms with Gasteiger partial charge >= 0.3 is 0 Å².